The van der Waals surface area contributed by atoms with E-state index in [1.807, 2.05) is 18.2 Å². The van der Waals surface area contributed by atoms with Crippen LogP contribution in [-0.2, 0) is 13.0 Å². The first-order chi connectivity index (χ1) is 14.5. The number of hydrogen-bond donors (Lipinski definition) is 0. The zero-order valence-corrected chi connectivity index (χ0v) is 19.7. The number of halogens is 2. The monoisotopic (exact) mass is 445 g/mol. The molecule has 3 nitrogen and oxygen atoms in total. The normalized spacial score (nSPS) is 14.7. The summed E-state index contributed by atoms with van der Waals surface area (Å²) in [5.74, 6) is 0. The van der Waals surface area contributed by atoms with E-state index in [1.54, 1.807) is 0 Å². The lowest BCUT2D eigenvalue weighted by atomic mass is 10.0. The zero-order chi connectivity index (χ0) is 21.5. The Kier molecular flexibility index (Phi) is 8.50. The van der Waals surface area contributed by atoms with Gasteiger partial charge in [0.25, 0.3) is 0 Å². The van der Waals surface area contributed by atoms with Crippen LogP contribution in [0.3, 0.4) is 0 Å². The second-order valence-corrected chi connectivity index (χ2v) is 8.83. The van der Waals surface area contributed by atoms with E-state index in [9.17, 15) is 0 Å². The maximum atomic E-state index is 6.42. The summed E-state index contributed by atoms with van der Waals surface area (Å²) >= 11 is 12.6. The smallest absolute Gasteiger partial charge is 0.0825 e. The Morgan fingerprint density at radius 3 is 2.57 bits per heavy atom. The van der Waals surface area contributed by atoms with Crippen LogP contribution in [-0.4, -0.2) is 44.7 Å². The quantitative estimate of drug-likeness (QED) is 0.420. The molecule has 5 heteroatoms. The molecule has 0 bridgehead atoms. The molecular weight excluding hydrogens is 413 g/mol. The number of allylic oxidation sites excluding steroid dienone is 1. The van der Waals surface area contributed by atoms with Crippen molar-refractivity contribution in [2.24, 2.45) is 0 Å². The third-order valence-corrected chi connectivity index (χ3v) is 6.60. The highest BCUT2D eigenvalue weighted by molar-refractivity contribution is 6.43. The van der Waals surface area contributed by atoms with Crippen molar-refractivity contribution in [2.45, 2.75) is 32.7 Å². The summed E-state index contributed by atoms with van der Waals surface area (Å²) in [6, 6.07) is 12.9. The molecule has 2 aromatic rings. The van der Waals surface area contributed by atoms with Crippen molar-refractivity contribution in [2.75, 3.05) is 49.6 Å². The molecule has 0 N–H and O–H groups in total. The van der Waals surface area contributed by atoms with Gasteiger partial charge in [0.1, 0.15) is 0 Å². The summed E-state index contributed by atoms with van der Waals surface area (Å²) in [6.45, 7) is 12.1. The second kappa shape index (κ2) is 11.1. The highest BCUT2D eigenvalue weighted by Gasteiger charge is 2.20. The summed E-state index contributed by atoms with van der Waals surface area (Å²) in [6.07, 6.45) is 5.21. The van der Waals surface area contributed by atoms with E-state index in [0.29, 0.717) is 10.0 Å². The first-order valence-corrected chi connectivity index (χ1v) is 11.6. The molecule has 0 unspecified atom stereocenters. The third-order valence-electron chi connectivity index (χ3n) is 5.79. The van der Waals surface area contributed by atoms with E-state index in [0.717, 1.165) is 64.2 Å². The van der Waals surface area contributed by atoms with Gasteiger partial charge in [-0.25, -0.2) is 0 Å². The van der Waals surface area contributed by atoms with Gasteiger partial charge in [-0.2, -0.15) is 0 Å². The molecule has 0 aromatic heterocycles. The van der Waals surface area contributed by atoms with Gasteiger partial charge in [0, 0.05) is 52.0 Å². The molecule has 30 heavy (non-hydrogen) atoms. The number of aryl methyl sites for hydroxylation is 1. The minimum absolute atomic E-state index is 0.622. The van der Waals surface area contributed by atoms with Gasteiger partial charge in [-0.15, -0.1) is 6.58 Å². The molecule has 2 aromatic carbocycles. The second-order valence-electron chi connectivity index (χ2n) is 8.05. The fourth-order valence-electron chi connectivity index (χ4n) is 4.13. The van der Waals surface area contributed by atoms with Crippen LogP contribution in [0, 0.1) is 0 Å². The van der Waals surface area contributed by atoms with Gasteiger partial charge in [-0.1, -0.05) is 54.4 Å². The lowest BCUT2D eigenvalue weighted by Crippen LogP contribution is -2.46. The average Bonchev–Trinajstić information content (AvgIpc) is 2.75. The predicted octanol–water partition coefficient (Wildman–Crippen LogP) is 6.28. The van der Waals surface area contributed by atoms with Crippen LogP contribution in [0.5, 0.6) is 0 Å². The predicted molar refractivity (Wildman–Crippen MR) is 132 cm³/mol. The van der Waals surface area contributed by atoms with Gasteiger partial charge in [0.05, 0.1) is 15.7 Å². The fraction of sp³-hybridized carbons (Fsp3) is 0.440. The van der Waals surface area contributed by atoms with Crippen LogP contribution in [0.1, 0.15) is 30.9 Å². The van der Waals surface area contributed by atoms with Crippen molar-refractivity contribution < 1.29 is 0 Å². The largest absolute Gasteiger partial charge is 0.374 e. The molecule has 0 saturated carbocycles. The maximum Gasteiger partial charge on any atom is 0.0825 e. The number of nitrogens with zero attached hydrogens (tertiary/aromatic N) is 3. The van der Waals surface area contributed by atoms with Crippen LogP contribution in [0.15, 0.2) is 49.1 Å². The Labute approximate surface area is 191 Å². The summed E-state index contributed by atoms with van der Waals surface area (Å²) in [5.41, 5.74) is 5.19. The lowest BCUT2D eigenvalue weighted by molar-refractivity contribution is 0.250. The van der Waals surface area contributed by atoms with E-state index in [2.05, 4.69) is 59.5 Å². The Hall–Kier alpha value is -1.68. The molecule has 1 aliphatic rings. The number of piperazine rings is 1. The van der Waals surface area contributed by atoms with E-state index < -0.39 is 0 Å². The van der Waals surface area contributed by atoms with Gasteiger partial charge in [-0.05, 0) is 48.6 Å². The zero-order valence-electron chi connectivity index (χ0n) is 18.2. The number of rotatable bonds is 9. The summed E-state index contributed by atoms with van der Waals surface area (Å²) in [5, 5.41) is 1.28. The van der Waals surface area contributed by atoms with Crippen LogP contribution >= 0.6 is 23.2 Å². The summed E-state index contributed by atoms with van der Waals surface area (Å²) in [7, 11) is 2.20. The van der Waals surface area contributed by atoms with Gasteiger partial charge in [0.15, 0.2) is 0 Å². The highest BCUT2D eigenvalue weighted by Crippen LogP contribution is 2.33. The molecule has 1 aliphatic heterocycles. The van der Waals surface area contributed by atoms with E-state index in [1.165, 1.54) is 16.8 Å². The molecule has 0 aliphatic carbocycles. The van der Waals surface area contributed by atoms with Crippen molar-refractivity contribution >= 4 is 34.6 Å². The molecule has 1 heterocycles. The first-order valence-electron chi connectivity index (χ1n) is 10.9. The van der Waals surface area contributed by atoms with Crippen molar-refractivity contribution in [1.82, 2.24) is 4.90 Å². The Balaban J connectivity index is 1.66. The minimum atomic E-state index is 0.622. The van der Waals surface area contributed by atoms with Gasteiger partial charge in [-0.3, -0.25) is 4.90 Å². The SMILES string of the molecule is C=CCCc1ccc(CN2CCN(c3cccc(Cl)c3Cl)CC2)cc1N(C)CCC. The molecule has 3 rings (SSSR count). The molecule has 0 amide bonds. The van der Waals surface area contributed by atoms with E-state index >= 15 is 0 Å². The Bertz CT molecular complexity index is 844. The molecule has 0 spiro atoms. The number of hydrogen-bond acceptors (Lipinski definition) is 3. The van der Waals surface area contributed by atoms with Crippen LogP contribution in [0.4, 0.5) is 11.4 Å². The number of benzene rings is 2. The summed E-state index contributed by atoms with van der Waals surface area (Å²) in [4.78, 5) is 7.25. The summed E-state index contributed by atoms with van der Waals surface area (Å²) < 4.78 is 0. The van der Waals surface area contributed by atoms with Crippen molar-refractivity contribution in [1.29, 1.82) is 0 Å². The lowest BCUT2D eigenvalue weighted by Gasteiger charge is -2.36. The molecule has 1 saturated heterocycles. The van der Waals surface area contributed by atoms with Gasteiger partial charge < -0.3 is 9.80 Å². The standard InChI is InChI=1S/C25H33Cl2N3/c1-4-6-8-21-12-11-20(18-24(21)28(3)13-5-2)19-29-14-16-30(17-15-29)23-10-7-9-22(26)25(23)27/h4,7,9-12,18H,1,5-6,8,13-17,19H2,2-3H3. The highest BCUT2D eigenvalue weighted by atomic mass is 35.5. The molecule has 0 atom stereocenters. The van der Waals surface area contributed by atoms with Gasteiger partial charge in [0.2, 0.25) is 0 Å². The van der Waals surface area contributed by atoms with Crippen molar-refractivity contribution in [3.63, 3.8) is 0 Å². The van der Waals surface area contributed by atoms with Crippen molar-refractivity contribution in [3.8, 4) is 0 Å². The van der Waals surface area contributed by atoms with Crippen LogP contribution in [0.25, 0.3) is 0 Å². The number of anilines is 2. The first kappa shape index (κ1) is 23.0. The minimum Gasteiger partial charge on any atom is -0.374 e. The third kappa shape index (κ3) is 5.72. The molecule has 162 valence electrons. The average molecular weight is 446 g/mol. The van der Waals surface area contributed by atoms with E-state index in [-0.39, 0.29) is 0 Å². The Morgan fingerprint density at radius 2 is 1.87 bits per heavy atom. The fourth-order valence-corrected chi connectivity index (χ4v) is 4.54. The molecule has 1 fully saturated rings. The topological polar surface area (TPSA) is 9.72 Å². The van der Waals surface area contributed by atoms with E-state index in [4.69, 9.17) is 23.2 Å². The van der Waals surface area contributed by atoms with Crippen LogP contribution in [0.2, 0.25) is 10.0 Å². The van der Waals surface area contributed by atoms with Crippen molar-refractivity contribution in [3.05, 3.63) is 70.2 Å². The maximum absolute atomic E-state index is 6.42. The van der Waals surface area contributed by atoms with Crippen LogP contribution < -0.4 is 9.80 Å². The molecular formula is C25H33Cl2N3. The Morgan fingerprint density at radius 1 is 1.10 bits per heavy atom. The molecule has 0 radical (unpaired) electrons. The van der Waals surface area contributed by atoms with Gasteiger partial charge >= 0.3 is 0 Å².